The van der Waals surface area contributed by atoms with E-state index in [0.29, 0.717) is 11.5 Å². The van der Waals surface area contributed by atoms with Gasteiger partial charge >= 0.3 is 0 Å². The van der Waals surface area contributed by atoms with Crippen molar-refractivity contribution in [2.75, 3.05) is 0 Å². The average Bonchev–Trinajstić information content (AvgIpc) is 2.64. The lowest BCUT2D eigenvalue weighted by Crippen LogP contribution is -2.24. The molecule has 0 aliphatic carbocycles. The molecule has 1 aromatic heterocycles. The Hall–Kier alpha value is -2.10. The van der Waals surface area contributed by atoms with Crippen molar-refractivity contribution in [3.63, 3.8) is 0 Å². The van der Waals surface area contributed by atoms with Crippen molar-refractivity contribution in [1.82, 2.24) is 4.98 Å². The first kappa shape index (κ1) is 12.0. The third-order valence-corrected chi connectivity index (χ3v) is 2.98. The van der Waals surface area contributed by atoms with Gasteiger partial charge in [0.1, 0.15) is 11.4 Å². The maximum atomic E-state index is 13.0. The van der Waals surface area contributed by atoms with Gasteiger partial charge in [0.2, 0.25) is 5.95 Å². The van der Waals surface area contributed by atoms with Gasteiger partial charge in [-0.3, -0.25) is 0 Å². The van der Waals surface area contributed by atoms with Crippen molar-refractivity contribution >= 4 is 0 Å². The number of rotatable bonds is 2. The maximum absolute atomic E-state index is 13.0. The number of hydrogen-bond donors (Lipinski definition) is 0. The van der Waals surface area contributed by atoms with E-state index in [4.69, 9.17) is 9.47 Å². The minimum atomic E-state index is -0.564. The van der Waals surface area contributed by atoms with E-state index in [1.54, 1.807) is 6.07 Å². The summed E-state index contributed by atoms with van der Waals surface area (Å²) >= 11 is 0. The van der Waals surface area contributed by atoms with E-state index >= 15 is 0 Å². The van der Waals surface area contributed by atoms with Gasteiger partial charge in [0.15, 0.2) is 11.5 Å². The van der Waals surface area contributed by atoms with Crippen molar-refractivity contribution in [2.45, 2.75) is 25.9 Å². The molecule has 2 aromatic rings. The molecule has 0 N–H and O–H groups in total. The Kier molecular flexibility index (Phi) is 2.66. The van der Waals surface area contributed by atoms with Gasteiger partial charge < -0.3 is 9.47 Å². The number of aromatic nitrogens is 1. The lowest BCUT2D eigenvalue weighted by Gasteiger charge is -2.18. The minimum absolute atomic E-state index is 0.231. The van der Waals surface area contributed by atoms with Gasteiger partial charge in [0.05, 0.1) is 0 Å². The number of pyridine rings is 1. The Bertz CT molecular complexity index is 625. The molecule has 0 saturated heterocycles. The zero-order chi connectivity index (χ0) is 13.5. The molecule has 1 aliphatic heterocycles. The highest BCUT2D eigenvalue weighted by Crippen LogP contribution is 2.43. The Morgan fingerprint density at radius 3 is 2.95 bits per heavy atom. The summed E-state index contributed by atoms with van der Waals surface area (Å²) in [7, 11) is 0. The first-order chi connectivity index (χ1) is 9.03. The van der Waals surface area contributed by atoms with E-state index in [2.05, 4.69) is 4.98 Å². The number of para-hydroxylation sites is 1. The van der Waals surface area contributed by atoms with Crippen LogP contribution in [0.2, 0.25) is 0 Å². The summed E-state index contributed by atoms with van der Waals surface area (Å²) in [6.07, 6.45) is 2.21. The monoisotopic (exact) mass is 259 g/mol. The second-order valence-electron chi connectivity index (χ2n) is 5.20. The zero-order valence-corrected chi connectivity index (χ0v) is 10.8. The van der Waals surface area contributed by atoms with E-state index in [-0.39, 0.29) is 5.60 Å². The van der Waals surface area contributed by atoms with E-state index in [1.165, 1.54) is 12.3 Å². The Morgan fingerprint density at radius 2 is 2.16 bits per heavy atom. The van der Waals surface area contributed by atoms with Crippen LogP contribution in [0.3, 0.4) is 0 Å². The predicted molar refractivity (Wildman–Crippen MR) is 69.1 cm³/mol. The molecule has 0 unspecified atom stereocenters. The molecule has 0 atom stereocenters. The minimum Gasteiger partial charge on any atom is -0.483 e. The third kappa shape index (κ3) is 2.38. The molecule has 19 heavy (non-hydrogen) atoms. The van der Waals surface area contributed by atoms with Gasteiger partial charge in [-0.25, -0.2) is 4.98 Å². The molecule has 3 nitrogen and oxygen atoms in total. The van der Waals surface area contributed by atoms with Gasteiger partial charge in [-0.2, -0.15) is 4.39 Å². The van der Waals surface area contributed by atoms with Gasteiger partial charge in [0, 0.05) is 24.2 Å². The van der Waals surface area contributed by atoms with Crippen molar-refractivity contribution in [1.29, 1.82) is 0 Å². The molecule has 1 aromatic carbocycles. The van der Waals surface area contributed by atoms with E-state index in [1.807, 2.05) is 32.0 Å². The summed E-state index contributed by atoms with van der Waals surface area (Å²) in [5.74, 6) is 1.19. The van der Waals surface area contributed by atoms with E-state index < -0.39 is 5.95 Å². The van der Waals surface area contributed by atoms with Gasteiger partial charge in [-0.1, -0.05) is 12.1 Å². The predicted octanol–water partition coefficient (Wildman–Crippen LogP) is 3.73. The van der Waals surface area contributed by atoms with Gasteiger partial charge in [-0.15, -0.1) is 0 Å². The number of nitrogens with zero attached hydrogens (tertiary/aromatic N) is 1. The van der Waals surface area contributed by atoms with Crippen LogP contribution in [-0.4, -0.2) is 10.6 Å². The van der Waals surface area contributed by atoms with Crippen molar-refractivity contribution < 1.29 is 13.9 Å². The largest absolute Gasteiger partial charge is 0.483 e. The Labute approximate surface area is 111 Å². The summed E-state index contributed by atoms with van der Waals surface area (Å²) in [6, 6.07) is 8.61. The van der Waals surface area contributed by atoms with Crippen LogP contribution < -0.4 is 9.47 Å². The summed E-state index contributed by atoms with van der Waals surface area (Å²) in [5, 5.41) is 0. The van der Waals surface area contributed by atoms with Crippen LogP contribution in [0.25, 0.3) is 0 Å². The number of benzene rings is 1. The fourth-order valence-corrected chi connectivity index (χ4v) is 2.24. The fraction of sp³-hybridized carbons (Fsp3) is 0.267. The van der Waals surface area contributed by atoms with Crippen LogP contribution >= 0.6 is 0 Å². The molecule has 2 heterocycles. The van der Waals surface area contributed by atoms with Gasteiger partial charge in [-0.05, 0) is 26.0 Å². The zero-order valence-electron chi connectivity index (χ0n) is 10.8. The normalized spacial score (nSPS) is 15.7. The summed E-state index contributed by atoms with van der Waals surface area (Å²) < 4.78 is 24.6. The molecule has 4 heteroatoms. The SMILES string of the molecule is CC1(C)Cc2cccc(Oc3ccnc(F)c3)c2O1. The second-order valence-corrected chi connectivity index (χ2v) is 5.20. The highest BCUT2D eigenvalue weighted by atomic mass is 19.1. The van der Waals surface area contributed by atoms with E-state index in [0.717, 1.165) is 17.7 Å². The Balaban J connectivity index is 1.94. The first-order valence-electron chi connectivity index (χ1n) is 6.14. The standard InChI is InChI=1S/C15H14FNO2/c1-15(2)9-10-4-3-5-12(14(10)19-15)18-11-6-7-17-13(16)8-11/h3-8H,9H2,1-2H3. The lowest BCUT2D eigenvalue weighted by molar-refractivity contribution is 0.135. The molecule has 0 spiro atoms. The summed E-state index contributed by atoms with van der Waals surface area (Å²) in [6.45, 7) is 4.06. The van der Waals surface area contributed by atoms with Crippen molar-refractivity contribution in [2.24, 2.45) is 0 Å². The number of fused-ring (bicyclic) bond motifs is 1. The van der Waals surface area contributed by atoms with Gasteiger partial charge in [0.25, 0.3) is 0 Å². The molecule has 0 saturated carbocycles. The average molecular weight is 259 g/mol. The number of ether oxygens (including phenoxy) is 2. The van der Waals surface area contributed by atoms with Crippen LogP contribution in [0.1, 0.15) is 19.4 Å². The second kappa shape index (κ2) is 4.23. The third-order valence-electron chi connectivity index (χ3n) is 2.98. The molecular weight excluding hydrogens is 245 g/mol. The highest BCUT2D eigenvalue weighted by Gasteiger charge is 2.32. The molecule has 0 bridgehead atoms. The van der Waals surface area contributed by atoms with Crippen LogP contribution in [0, 0.1) is 5.95 Å². The lowest BCUT2D eigenvalue weighted by atomic mass is 10.0. The maximum Gasteiger partial charge on any atom is 0.216 e. The van der Waals surface area contributed by atoms with Crippen LogP contribution in [0.5, 0.6) is 17.2 Å². The van der Waals surface area contributed by atoms with E-state index in [9.17, 15) is 4.39 Å². The fourth-order valence-electron chi connectivity index (χ4n) is 2.24. The molecular formula is C15H14FNO2. The molecule has 0 radical (unpaired) electrons. The molecule has 0 fully saturated rings. The molecule has 1 aliphatic rings. The number of hydrogen-bond acceptors (Lipinski definition) is 3. The topological polar surface area (TPSA) is 31.4 Å². The summed E-state index contributed by atoms with van der Waals surface area (Å²) in [4.78, 5) is 3.50. The summed E-state index contributed by atoms with van der Waals surface area (Å²) in [5.41, 5.74) is 0.877. The van der Waals surface area contributed by atoms with Crippen LogP contribution in [-0.2, 0) is 6.42 Å². The Morgan fingerprint density at radius 1 is 1.32 bits per heavy atom. The quantitative estimate of drug-likeness (QED) is 0.770. The first-order valence-corrected chi connectivity index (χ1v) is 6.14. The van der Waals surface area contributed by atoms with Crippen molar-refractivity contribution in [3.05, 3.63) is 48.0 Å². The number of halogens is 1. The van der Waals surface area contributed by atoms with Crippen molar-refractivity contribution in [3.8, 4) is 17.2 Å². The highest BCUT2D eigenvalue weighted by molar-refractivity contribution is 5.51. The van der Waals surface area contributed by atoms with Crippen LogP contribution in [0.4, 0.5) is 4.39 Å². The molecule has 0 amide bonds. The smallest absolute Gasteiger partial charge is 0.216 e. The molecule has 3 rings (SSSR count). The van der Waals surface area contributed by atoms with Crippen LogP contribution in [0.15, 0.2) is 36.5 Å². The molecule has 98 valence electrons.